The monoisotopic (exact) mass is 433 g/mol. The third kappa shape index (κ3) is 3.38. The van der Waals surface area contributed by atoms with Crippen LogP contribution in [0, 0.1) is 17.7 Å². The van der Waals surface area contributed by atoms with E-state index in [-0.39, 0.29) is 16.0 Å². The summed E-state index contributed by atoms with van der Waals surface area (Å²) < 4.78 is 22.1. The summed E-state index contributed by atoms with van der Waals surface area (Å²) in [7, 11) is -0.136. The van der Waals surface area contributed by atoms with Gasteiger partial charge in [-0.3, -0.25) is 9.36 Å². The van der Waals surface area contributed by atoms with Crippen LogP contribution in [0.15, 0.2) is 16.9 Å². The molecule has 2 fully saturated rings. The van der Waals surface area contributed by atoms with Gasteiger partial charge in [0.05, 0.1) is 17.0 Å². The molecule has 0 spiro atoms. The zero-order chi connectivity index (χ0) is 22.2. The number of nitrogens with zero attached hydrogens (tertiary/aromatic N) is 3. The van der Waals surface area contributed by atoms with Crippen molar-refractivity contribution in [3.8, 4) is 0 Å². The number of hydrogen-bond acceptors (Lipinski definition) is 5. The van der Waals surface area contributed by atoms with Gasteiger partial charge in [-0.25, -0.2) is 9.37 Å². The van der Waals surface area contributed by atoms with E-state index in [2.05, 4.69) is 38.8 Å². The summed E-state index contributed by atoms with van der Waals surface area (Å²) in [6.07, 6.45) is -0.619. The highest BCUT2D eigenvalue weighted by atomic mass is 28.4. The van der Waals surface area contributed by atoms with E-state index < -0.39 is 20.2 Å². The maximum absolute atomic E-state index is 14.0. The Kier molecular flexibility index (Phi) is 4.91. The first-order valence-corrected chi connectivity index (χ1v) is 13.5. The fourth-order valence-corrected chi connectivity index (χ4v) is 5.67. The number of aliphatic hydroxyl groups excluding tert-OH is 1. The Balaban J connectivity index is 1.61. The quantitative estimate of drug-likeness (QED) is 0.747. The van der Waals surface area contributed by atoms with Gasteiger partial charge in [-0.15, -0.1) is 18.1 Å². The van der Waals surface area contributed by atoms with E-state index in [4.69, 9.17) is 9.41 Å². The third-order valence-electron chi connectivity index (χ3n) is 7.24. The van der Waals surface area contributed by atoms with E-state index in [1.54, 1.807) is 14.0 Å². The van der Waals surface area contributed by atoms with Crippen LogP contribution < -0.4 is 10.5 Å². The molecule has 165 valence electrons. The maximum Gasteiger partial charge on any atom is 0.262 e. The Morgan fingerprint density at radius 3 is 2.40 bits per heavy atom. The van der Waals surface area contributed by atoms with E-state index in [0.717, 1.165) is 13.1 Å². The molecule has 0 bridgehead atoms. The summed E-state index contributed by atoms with van der Waals surface area (Å²) in [6, 6.07) is 2.46. The topological polar surface area (TPSA) is 67.6 Å². The summed E-state index contributed by atoms with van der Waals surface area (Å²) >= 11 is 0. The van der Waals surface area contributed by atoms with Crippen LogP contribution in [0.4, 0.5) is 10.3 Å². The van der Waals surface area contributed by atoms with E-state index in [1.165, 1.54) is 16.7 Å². The number of piperidine rings is 1. The smallest absolute Gasteiger partial charge is 0.262 e. The lowest BCUT2D eigenvalue weighted by Gasteiger charge is -2.49. The Morgan fingerprint density at radius 1 is 1.27 bits per heavy atom. The van der Waals surface area contributed by atoms with Crippen molar-refractivity contribution >= 4 is 25.2 Å². The molecule has 1 aromatic heterocycles. The molecular formula is C22H32FN3O3Si-. The van der Waals surface area contributed by atoms with E-state index >= 15 is 0 Å². The first kappa shape index (κ1) is 21.5. The van der Waals surface area contributed by atoms with Crippen molar-refractivity contribution in [2.75, 3.05) is 18.0 Å². The van der Waals surface area contributed by atoms with Gasteiger partial charge >= 0.3 is 0 Å². The van der Waals surface area contributed by atoms with Crippen LogP contribution in [-0.2, 0) is 11.5 Å². The van der Waals surface area contributed by atoms with Crippen LogP contribution in [0.5, 0.6) is 0 Å². The van der Waals surface area contributed by atoms with Gasteiger partial charge in [0.1, 0.15) is 5.82 Å². The second-order valence-corrected chi connectivity index (χ2v) is 15.2. The van der Waals surface area contributed by atoms with Crippen molar-refractivity contribution in [1.82, 2.24) is 9.55 Å². The van der Waals surface area contributed by atoms with Gasteiger partial charge in [0.2, 0.25) is 5.95 Å². The molecule has 1 saturated carbocycles. The zero-order valence-corrected chi connectivity index (χ0v) is 19.9. The first-order valence-electron chi connectivity index (χ1n) is 10.6. The molecule has 1 aliphatic carbocycles. The average Bonchev–Trinajstić information content (AvgIpc) is 3.06. The molecule has 1 saturated heterocycles. The SMILES string of the molecule is CC(O)c1cc(F)cc2c(=O)n(C)c(N3C[C@@H]4C(O[Si-](C)(C)C(C)(C)C)[C@@H]4C3)nc12. The molecule has 0 amide bonds. The minimum absolute atomic E-state index is 0.181. The molecule has 2 unspecified atom stereocenters. The van der Waals surface area contributed by atoms with Gasteiger partial charge in [-0.1, -0.05) is 20.8 Å². The summed E-state index contributed by atoms with van der Waals surface area (Å²) in [6.45, 7) is 14.5. The molecule has 2 aliphatic rings. The number of anilines is 1. The second kappa shape index (κ2) is 6.87. The fourth-order valence-electron chi connectivity index (χ4n) is 4.28. The zero-order valence-electron chi connectivity index (χ0n) is 18.9. The highest BCUT2D eigenvalue weighted by molar-refractivity contribution is 6.74. The number of aliphatic hydroxyl groups is 1. The average molecular weight is 434 g/mol. The summed E-state index contributed by atoms with van der Waals surface area (Å²) in [5.41, 5.74) is 0.414. The summed E-state index contributed by atoms with van der Waals surface area (Å²) in [5, 5.41) is 10.5. The standard InChI is InChI=1S/C22H32FN3O3Si/c1-12(27)14-8-13(23)9-15-18(14)24-21(25(5)20(15)28)26-10-16-17(11-26)19(16)29-30(6,7)22(2,3)4/h8-9,12,16-17,19,27H,10-11H2,1-7H3/q-1/t12?,16-,17+,19?. The molecule has 8 heteroatoms. The van der Waals surface area contributed by atoms with Crippen molar-refractivity contribution in [3.05, 3.63) is 33.9 Å². The third-order valence-corrected chi connectivity index (χ3v) is 11.7. The molecule has 1 aromatic carbocycles. The summed E-state index contributed by atoms with van der Waals surface area (Å²) in [5.74, 6) is 0.935. The molecule has 1 aliphatic heterocycles. The van der Waals surface area contributed by atoms with Crippen LogP contribution in [0.1, 0.15) is 39.4 Å². The lowest BCUT2D eigenvalue weighted by molar-refractivity contribution is 0.200. The van der Waals surface area contributed by atoms with E-state index in [0.29, 0.717) is 35.0 Å². The predicted octanol–water partition coefficient (Wildman–Crippen LogP) is 3.58. The van der Waals surface area contributed by atoms with Crippen molar-refractivity contribution in [2.24, 2.45) is 18.9 Å². The van der Waals surface area contributed by atoms with Crippen molar-refractivity contribution in [3.63, 3.8) is 0 Å². The first-order chi connectivity index (χ1) is 13.8. The normalized spacial score (nSPS) is 25.0. The van der Waals surface area contributed by atoms with E-state index in [1.807, 2.05) is 0 Å². The number of benzene rings is 1. The van der Waals surface area contributed by atoms with Crippen LogP contribution in [0.25, 0.3) is 10.9 Å². The minimum Gasteiger partial charge on any atom is -0.562 e. The second-order valence-electron chi connectivity index (χ2n) is 10.4. The number of aromatic nitrogens is 2. The predicted molar refractivity (Wildman–Crippen MR) is 119 cm³/mol. The van der Waals surface area contributed by atoms with Crippen molar-refractivity contribution in [1.29, 1.82) is 0 Å². The van der Waals surface area contributed by atoms with Crippen LogP contribution in [0.3, 0.4) is 0 Å². The molecule has 2 aromatic rings. The van der Waals surface area contributed by atoms with E-state index in [9.17, 15) is 14.3 Å². The van der Waals surface area contributed by atoms with Crippen LogP contribution in [0.2, 0.25) is 18.1 Å². The molecule has 2 heterocycles. The van der Waals surface area contributed by atoms with Gasteiger partial charge in [0.15, 0.2) is 0 Å². The highest BCUT2D eigenvalue weighted by Crippen LogP contribution is 2.52. The molecule has 0 radical (unpaired) electrons. The van der Waals surface area contributed by atoms with Gasteiger partial charge in [-0.05, 0) is 27.4 Å². The maximum atomic E-state index is 14.0. The van der Waals surface area contributed by atoms with Gasteiger partial charge in [0, 0.05) is 43.6 Å². The molecule has 30 heavy (non-hydrogen) atoms. The van der Waals surface area contributed by atoms with Crippen LogP contribution >= 0.6 is 0 Å². The van der Waals surface area contributed by atoms with Crippen LogP contribution in [-0.4, -0.2) is 42.2 Å². The Morgan fingerprint density at radius 2 is 1.87 bits per heavy atom. The molecule has 4 rings (SSSR count). The van der Waals surface area contributed by atoms with Crippen molar-refractivity contribution in [2.45, 2.75) is 58.0 Å². The lowest BCUT2D eigenvalue weighted by Crippen LogP contribution is -2.43. The Labute approximate surface area is 177 Å². The minimum atomic E-state index is -1.81. The Bertz CT molecular complexity index is 1050. The molecule has 4 atom stereocenters. The lowest BCUT2D eigenvalue weighted by atomic mass is 10.1. The highest BCUT2D eigenvalue weighted by Gasteiger charge is 2.57. The largest absolute Gasteiger partial charge is 0.562 e. The summed E-state index contributed by atoms with van der Waals surface area (Å²) in [4.78, 5) is 19.7. The fraction of sp³-hybridized carbons (Fsp3) is 0.636. The Hall–Kier alpha value is -1.77. The molecule has 6 nitrogen and oxygen atoms in total. The van der Waals surface area contributed by atoms with Gasteiger partial charge < -0.3 is 14.4 Å². The number of rotatable bonds is 4. The van der Waals surface area contributed by atoms with Gasteiger partial charge in [-0.2, -0.15) is 0 Å². The number of halogens is 1. The molecular weight excluding hydrogens is 401 g/mol. The number of fused-ring (bicyclic) bond motifs is 2. The number of hydrogen-bond donors (Lipinski definition) is 1. The molecule has 1 N–H and O–H groups in total. The van der Waals surface area contributed by atoms with Gasteiger partial charge in [0.25, 0.3) is 5.56 Å². The van der Waals surface area contributed by atoms with Crippen molar-refractivity contribution < 1.29 is 13.9 Å².